The molecule has 1 amide bonds. The molecule has 0 unspecified atom stereocenters. The minimum Gasteiger partial charge on any atom is -0.310 e. The summed E-state index contributed by atoms with van der Waals surface area (Å²) in [6.07, 6.45) is 1.01. The summed E-state index contributed by atoms with van der Waals surface area (Å²) in [5.41, 5.74) is 1.68. The van der Waals surface area contributed by atoms with Gasteiger partial charge in [-0.05, 0) is 49.2 Å². The third-order valence-corrected chi connectivity index (χ3v) is 4.66. The molecule has 144 valence electrons. The molecule has 0 saturated heterocycles. The molecule has 5 nitrogen and oxygen atoms in total. The maximum Gasteiger partial charge on any atom is 0.225 e. The van der Waals surface area contributed by atoms with E-state index in [2.05, 4.69) is 10.4 Å². The number of anilines is 1. The first kappa shape index (κ1) is 20.1. The molecule has 0 saturated carbocycles. The van der Waals surface area contributed by atoms with Crippen molar-refractivity contribution in [1.29, 1.82) is 0 Å². The summed E-state index contributed by atoms with van der Waals surface area (Å²) in [6.45, 7) is 3.55. The SMILES string of the molecule is CCCC(=O)Nc1c(-c2ccc(Cl)cc2)c(=O)c(C)nn1-c1cccc(Cl)c1. The van der Waals surface area contributed by atoms with Crippen molar-refractivity contribution < 1.29 is 4.79 Å². The van der Waals surface area contributed by atoms with Gasteiger partial charge in [0.05, 0.1) is 11.3 Å². The van der Waals surface area contributed by atoms with Crippen molar-refractivity contribution >= 4 is 34.9 Å². The standard InChI is InChI=1S/C21H19Cl2N3O2/c1-3-5-18(27)24-21-19(14-8-10-15(22)11-9-14)20(28)13(2)25-26(21)17-7-4-6-16(23)12-17/h4,6-12H,3,5H2,1-2H3,(H,24,27). The van der Waals surface area contributed by atoms with Crippen LogP contribution in [-0.2, 0) is 4.79 Å². The Bertz CT molecular complexity index is 1080. The van der Waals surface area contributed by atoms with E-state index in [0.717, 1.165) is 0 Å². The Morgan fingerprint density at radius 3 is 2.46 bits per heavy atom. The summed E-state index contributed by atoms with van der Waals surface area (Å²) < 4.78 is 1.54. The van der Waals surface area contributed by atoms with Gasteiger partial charge in [-0.15, -0.1) is 0 Å². The molecular weight excluding hydrogens is 397 g/mol. The number of aryl methyl sites for hydroxylation is 1. The second kappa shape index (κ2) is 8.59. The van der Waals surface area contributed by atoms with E-state index in [9.17, 15) is 9.59 Å². The molecule has 2 aromatic carbocycles. The molecule has 1 aromatic heterocycles. The highest BCUT2D eigenvalue weighted by molar-refractivity contribution is 6.31. The second-order valence-electron chi connectivity index (χ2n) is 6.33. The van der Waals surface area contributed by atoms with E-state index >= 15 is 0 Å². The van der Waals surface area contributed by atoms with Crippen molar-refractivity contribution in [3.05, 3.63) is 74.5 Å². The summed E-state index contributed by atoms with van der Waals surface area (Å²) in [5, 5.41) is 8.35. The predicted molar refractivity (Wildman–Crippen MR) is 114 cm³/mol. The Kier molecular flexibility index (Phi) is 6.17. The minimum absolute atomic E-state index is 0.196. The molecule has 28 heavy (non-hydrogen) atoms. The van der Waals surface area contributed by atoms with Gasteiger partial charge in [0.2, 0.25) is 11.3 Å². The molecule has 0 atom stereocenters. The number of carbonyl (C=O) groups excluding carboxylic acids is 1. The van der Waals surface area contributed by atoms with Crippen molar-refractivity contribution in [2.75, 3.05) is 5.32 Å². The van der Waals surface area contributed by atoms with Crippen LogP contribution in [0.4, 0.5) is 5.82 Å². The first-order chi connectivity index (χ1) is 13.4. The highest BCUT2D eigenvalue weighted by atomic mass is 35.5. The van der Waals surface area contributed by atoms with Crippen LogP contribution in [0.5, 0.6) is 0 Å². The van der Waals surface area contributed by atoms with Gasteiger partial charge in [0, 0.05) is 16.5 Å². The van der Waals surface area contributed by atoms with Crippen LogP contribution in [0.25, 0.3) is 16.8 Å². The first-order valence-corrected chi connectivity index (χ1v) is 9.62. The Labute approximate surface area is 172 Å². The average Bonchev–Trinajstić information content (AvgIpc) is 2.66. The fourth-order valence-corrected chi connectivity index (χ4v) is 3.17. The number of rotatable bonds is 5. The molecule has 7 heteroatoms. The summed E-state index contributed by atoms with van der Waals surface area (Å²) in [4.78, 5) is 25.4. The summed E-state index contributed by atoms with van der Waals surface area (Å²) >= 11 is 12.1. The number of carbonyl (C=O) groups is 1. The zero-order chi connectivity index (χ0) is 20.3. The van der Waals surface area contributed by atoms with Gasteiger partial charge in [-0.1, -0.05) is 48.3 Å². The Morgan fingerprint density at radius 2 is 1.82 bits per heavy atom. The van der Waals surface area contributed by atoms with Crippen molar-refractivity contribution in [3.63, 3.8) is 0 Å². The monoisotopic (exact) mass is 415 g/mol. The quantitative estimate of drug-likeness (QED) is 0.618. The lowest BCUT2D eigenvalue weighted by Crippen LogP contribution is -2.24. The maximum absolute atomic E-state index is 13.0. The van der Waals surface area contributed by atoms with Crippen LogP contribution in [-0.4, -0.2) is 15.7 Å². The fraction of sp³-hybridized carbons (Fsp3) is 0.190. The van der Waals surface area contributed by atoms with Gasteiger partial charge >= 0.3 is 0 Å². The van der Waals surface area contributed by atoms with Crippen LogP contribution in [0.1, 0.15) is 25.5 Å². The summed E-state index contributed by atoms with van der Waals surface area (Å²) in [6, 6.07) is 14.0. The Morgan fingerprint density at radius 1 is 1.11 bits per heavy atom. The van der Waals surface area contributed by atoms with Crippen molar-refractivity contribution in [2.24, 2.45) is 0 Å². The van der Waals surface area contributed by atoms with E-state index in [1.54, 1.807) is 54.1 Å². The molecule has 1 heterocycles. The van der Waals surface area contributed by atoms with E-state index in [1.807, 2.05) is 13.0 Å². The lowest BCUT2D eigenvalue weighted by atomic mass is 10.1. The van der Waals surface area contributed by atoms with Gasteiger partial charge < -0.3 is 5.32 Å². The van der Waals surface area contributed by atoms with E-state index in [4.69, 9.17) is 23.2 Å². The molecule has 3 aromatic rings. The summed E-state index contributed by atoms with van der Waals surface area (Å²) in [5.74, 6) is 0.109. The normalized spacial score (nSPS) is 10.7. The molecule has 0 aliphatic rings. The van der Waals surface area contributed by atoms with E-state index in [-0.39, 0.29) is 11.3 Å². The number of hydrogen-bond acceptors (Lipinski definition) is 3. The third kappa shape index (κ3) is 4.26. The van der Waals surface area contributed by atoms with Crippen molar-refractivity contribution in [2.45, 2.75) is 26.7 Å². The molecule has 3 rings (SSSR count). The van der Waals surface area contributed by atoms with E-state index in [0.29, 0.717) is 51.2 Å². The molecule has 0 bridgehead atoms. The topological polar surface area (TPSA) is 64.0 Å². The minimum atomic E-state index is -0.257. The molecule has 0 fully saturated rings. The van der Waals surface area contributed by atoms with Crippen LogP contribution in [0, 0.1) is 6.92 Å². The van der Waals surface area contributed by atoms with Gasteiger partial charge in [0.15, 0.2) is 0 Å². The number of aromatic nitrogens is 2. The first-order valence-electron chi connectivity index (χ1n) is 8.86. The largest absolute Gasteiger partial charge is 0.310 e. The van der Waals surface area contributed by atoms with Crippen LogP contribution >= 0.6 is 23.2 Å². The summed E-state index contributed by atoms with van der Waals surface area (Å²) in [7, 11) is 0. The lowest BCUT2D eigenvalue weighted by molar-refractivity contribution is -0.116. The molecular formula is C21H19Cl2N3O2. The number of halogens is 2. The maximum atomic E-state index is 13.0. The van der Waals surface area contributed by atoms with Crippen LogP contribution in [0.3, 0.4) is 0 Å². The number of benzene rings is 2. The number of hydrogen-bond donors (Lipinski definition) is 1. The number of amides is 1. The van der Waals surface area contributed by atoms with Crippen molar-refractivity contribution in [1.82, 2.24) is 9.78 Å². The van der Waals surface area contributed by atoms with Gasteiger partial charge in [0.25, 0.3) is 0 Å². The number of nitrogens with one attached hydrogen (secondary N) is 1. The second-order valence-corrected chi connectivity index (χ2v) is 7.21. The molecule has 0 spiro atoms. The lowest BCUT2D eigenvalue weighted by Gasteiger charge is -2.18. The van der Waals surface area contributed by atoms with Crippen molar-refractivity contribution in [3.8, 4) is 16.8 Å². The van der Waals surface area contributed by atoms with Crippen LogP contribution in [0.15, 0.2) is 53.3 Å². The van der Waals surface area contributed by atoms with Crippen LogP contribution in [0.2, 0.25) is 10.0 Å². The molecule has 0 radical (unpaired) electrons. The van der Waals surface area contributed by atoms with Crippen LogP contribution < -0.4 is 10.7 Å². The van der Waals surface area contributed by atoms with Gasteiger partial charge in [-0.3, -0.25) is 9.59 Å². The van der Waals surface area contributed by atoms with E-state index in [1.165, 1.54) is 0 Å². The Hall–Kier alpha value is -2.63. The van der Waals surface area contributed by atoms with Gasteiger partial charge in [-0.2, -0.15) is 5.10 Å². The highest BCUT2D eigenvalue weighted by Crippen LogP contribution is 2.29. The fourth-order valence-electron chi connectivity index (χ4n) is 2.86. The predicted octanol–water partition coefficient (Wildman–Crippen LogP) is 5.25. The van der Waals surface area contributed by atoms with E-state index < -0.39 is 0 Å². The zero-order valence-electron chi connectivity index (χ0n) is 15.5. The third-order valence-electron chi connectivity index (χ3n) is 4.17. The highest BCUT2D eigenvalue weighted by Gasteiger charge is 2.20. The molecule has 1 N–H and O–H groups in total. The Balaban J connectivity index is 2.31. The van der Waals surface area contributed by atoms with Gasteiger partial charge in [-0.25, -0.2) is 4.68 Å². The van der Waals surface area contributed by atoms with Gasteiger partial charge in [0.1, 0.15) is 11.5 Å². The zero-order valence-corrected chi connectivity index (χ0v) is 17.0. The molecule has 0 aliphatic carbocycles. The molecule has 0 aliphatic heterocycles. The smallest absolute Gasteiger partial charge is 0.225 e. The average molecular weight is 416 g/mol. The number of nitrogens with zero attached hydrogens (tertiary/aromatic N) is 2.